The molecule has 6 heteroatoms. The highest BCUT2D eigenvalue weighted by atomic mass is 35.5. The Morgan fingerprint density at radius 2 is 1.38 bits per heavy atom. The number of nitrogens with one attached hydrogen (secondary N) is 1. The first kappa shape index (κ1) is 18.3. The molecule has 0 saturated heterocycles. The summed E-state index contributed by atoms with van der Waals surface area (Å²) in [5.41, 5.74) is 1.03. The van der Waals surface area contributed by atoms with Gasteiger partial charge in [0.05, 0.1) is 12.2 Å². The highest BCUT2D eigenvalue weighted by molar-refractivity contribution is 6.31. The van der Waals surface area contributed by atoms with Crippen LogP contribution in [0.2, 0.25) is 10.0 Å². The van der Waals surface area contributed by atoms with Gasteiger partial charge in [-0.2, -0.15) is 0 Å². The molecule has 0 fully saturated rings. The Hall–Kier alpha value is -2.04. The maximum atomic E-state index is 11.9. The molecule has 1 amide bonds. The van der Waals surface area contributed by atoms with Crippen LogP contribution in [0, 0.1) is 0 Å². The maximum Gasteiger partial charge on any atom is 0.338 e. The third-order valence-electron chi connectivity index (χ3n) is 3.28. The number of benzene rings is 2. The average molecular weight is 366 g/mol. The Morgan fingerprint density at radius 3 is 1.96 bits per heavy atom. The lowest BCUT2D eigenvalue weighted by Gasteiger charge is -2.07. The number of esters is 1. The summed E-state index contributed by atoms with van der Waals surface area (Å²) >= 11 is 11.5. The SMILES string of the molecule is O=C(NCCCCOC(=O)c1ccc(Cl)cc1)c1ccc(Cl)cc1. The van der Waals surface area contributed by atoms with Crippen LogP contribution < -0.4 is 5.32 Å². The number of hydrogen-bond donors (Lipinski definition) is 1. The van der Waals surface area contributed by atoms with Crippen molar-refractivity contribution in [3.05, 3.63) is 69.7 Å². The van der Waals surface area contributed by atoms with Crippen LogP contribution in [0.4, 0.5) is 0 Å². The van der Waals surface area contributed by atoms with E-state index in [1.54, 1.807) is 48.5 Å². The first-order valence-corrected chi connectivity index (χ1v) is 8.28. The molecule has 0 aromatic heterocycles. The normalized spacial score (nSPS) is 10.2. The van der Waals surface area contributed by atoms with Gasteiger partial charge in [0.1, 0.15) is 0 Å². The molecule has 0 aliphatic carbocycles. The fourth-order valence-corrected chi connectivity index (χ4v) is 2.22. The van der Waals surface area contributed by atoms with Crippen LogP contribution in [-0.4, -0.2) is 25.0 Å². The van der Waals surface area contributed by atoms with Crippen molar-refractivity contribution in [2.75, 3.05) is 13.2 Å². The summed E-state index contributed by atoms with van der Waals surface area (Å²) in [6.45, 7) is 0.818. The second kappa shape index (κ2) is 9.30. The second-order valence-corrected chi connectivity index (χ2v) is 5.99. The number of rotatable bonds is 7. The van der Waals surface area contributed by atoms with Gasteiger partial charge in [-0.3, -0.25) is 4.79 Å². The minimum atomic E-state index is -0.378. The van der Waals surface area contributed by atoms with Gasteiger partial charge in [-0.25, -0.2) is 4.79 Å². The molecule has 24 heavy (non-hydrogen) atoms. The van der Waals surface area contributed by atoms with E-state index in [-0.39, 0.29) is 11.9 Å². The van der Waals surface area contributed by atoms with Crippen molar-refractivity contribution >= 4 is 35.1 Å². The van der Waals surface area contributed by atoms with Gasteiger partial charge in [-0.15, -0.1) is 0 Å². The van der Waals surface area contributed by atoms with Crippen LogP contribution in [0.15, 0.2) is 48.5 Å². The van der Waals surface area contributed by atoms with Crippen molar-refractivity contribution in [1.29, 1.82) is 0 Å². The molecule has 0 spiro atoms. The molecular formula is C18H17Cl2NO3. The summed E-state index contributed by atoms with van der Waals surface area (Å²) in [7, 11) is 0. The largest absolute Gasteiger partial charge is 0.462 e. The lowest BCUT2D eigenvalue weighted by atomic mass is 10.2. The second-order valence-electron chi connectivity index (χ2n) is 5.11. The van der Waals surface area contributed by atoms with Crippen LogP contribution in [0.5, 0.6) is 0 Å². The van der Waals surface area contributed by atoms with Crippen molar-refractivity contribution in [2.24, 2.45) is 0 Å². The van der Waals surface area contributed by atoms with Crippen LogP contribution in [0.1, 0.15) is 33.6 Å². The zero-order chi connectivity index (χ0) is 17.4. The molecule has 0 aliphatic rings. The van der Waals surface area contributed by atoms with Gasteiger partial charge in [-0.1, -0.05) is 23.2 Å². The van der Waals surface area contributed by atoms with E-state index < -0.39 is 0 Å². The molecule has 126 valence electrons. The van der Waals surface area contributed by atoms with Crippen molar-refractivity contribution in [3.8, 4) is 0 Å². The Morgan fingerprint density at radius 1 is 0.833 bits per heavy atom. The van der Waals surface area contributed by atoms with E-state index in [9.17, 15) is 9.59 Å². The summed E-state index contributed by atoms with van der Waals surface area (Å²) in [4.78, 5) is 23.6. The van der Waals surface area contributed by atoms with Gasteiger partial charge in [-0.05, 0) is 61.4 Å². The molecule has 0 unspecified atom stereocenters. The molecular weight excluding hydrogens is 349 g/mol. The Labute approximate surface area is 150 Å². The van der Waals surface area contributed by atoms with Crippen molar-refractivity contribution in [3.63, 3.8) is 0 Å². The third kappa shape index (κ3) is 5.87. The highest BCUT2D eigenvalue weighted by Gasteiger charge is 2.07. The minimum absolute atomic E-state index is 0.148. The number of ether oxygens (including phenoxy) is 1. The van der Waals surface area contributed by atoms with E-state index in [0.29, 0.717) is 47.2 Å². The fraction of sp³-hybridized carbons (Fsp3) is 0.222. The quantitative estimate of drug-likeness (QED) is 0.585. The summed E-state index contributed by atoms with van der Waals surface area (Å²) in [5.74, 6) is -0.526. The van der Waals surface area contributed by atoms with Gasteiger partial charge in [0, 0.05) is 22.2 Å². The van der Waals surface area contributed by atoms with Gasteiger partial charge in [0.15, 0.2) is 0 Å². The monoisotopic (exact) mass is 365 g/mol. The Kier molecular flexibility index (Phi) is 7.09. The number of hydrogen-bond acceptors (Lipinski definition) is 3. The third-order valence-corrected chi connectivity index (χ3v) is 3.78. The predicted octanol–water partition coefficient (Wildman–Crippen LogP) is 4.36. The van der Waals surface area contributed by atoms with E-state index in [4.69, 9.17) is 27.9 Å². The molecule has 2 rings (SSSR count). The lowest BCUT2D eigenvalue weighted by Crippen LogP contribution is -2.24. The summed E-state index contributed by atoms with van der Waals surface area (Å²) in [6, 6.07) is 13.2. The zero-order valence-electron chi connectivity index (χ0n) is 12.9. The molecule has 1 N–H and O–H groups in total. The number of carbonyl (C=O) groups is 2. The molecule has 0 heterocycles. The van der Waals surface area contributed by atoms with E-state index >= 15 is 0 Å². The Balaban J connectivity index is 1.61. The molecule has 0 radical (unpaired) electrons. The Bertz CT molecular complexity index is 623. The smallest absolute Gasteiger partial charge is 0.338 e. The average Bonchev–Trinajstić information content (AvgIpc) is 2.58. The molecule has 0 aliphatic heterocycles. The number of unbranched alkanes of at least 4 members (excludes halogenated alkanes) is 1. The van der Waals surface area contributed by atoms with Crippen molar-refractivity contribution in [2.45, 2.75) is 12.8 Å². The van der Waals surface area contributed by atoms with E-state index in [1.807, 2.05) is 0 Å². The topological polar surface area (TPSA) is 55.4 Å². The maximum absolute atomic E-state index is 11.9. The zero-order valence-corrected chi connectivity index (χ0v) is 14.4. The molecule has 2 aromatic rings. The van der Waals surface area contributed by atoms with Gasteiger partial charge in [0.2, 0.25) is 0 Å². The predicted molar refractivity (Wildman–Crippen MR) is 94.8 cm³/mol. The first-order valence-electron chi connectivity index (χ1n) is 7.53. The first-order chi connectivity index (χ1) is 11.6. The van der Waals surface area contributed by atoms with Crippen LogP contribution in [-0.2, 0) is 4.74 Å². The van der Waals surface area contributed by atoms with E-state index in [2.05, 4.69) is 5.32 Å². The van der Waals surface area contributed by atoms with Gasteiger partial charge >= 0.3 is 5.97 Å². The van der Waals surface area contributed by atoms with Crippen LogP contribution >= 0.6 is 23.2 Å². The highest BCUT2D eigenvalue weighted by Crippen LogP contribution is 2.11. The van der Waals surface area contributed by atoms with Crippen molar-refractivity contribution in [1.82, 2.24) is 5.32 Å². The van der Waals surface area contributed by atoms with E-state index in [1.165, 1.54) is 0 Å². The number of halogens is 2. The van der Waals surface area contributed by atoms with Gasteiger partial charge < -0.3 is 10.1 Å². The minimum Gasteiger partial charge on any atom is -0.462 e. The van der Waals surface area contributed by atoms with E-state index in [0.717, 1.165) is 0 Å². The molecule has 0 atom stereocenters. The van der Waals surface area contributed by atoms with Crippen LogP contribution in [0.3, 0.4) is 0 Å². The fourth-order valence-electron chi connectivity index (χ4n) is 1.97. The van der Waals surface area contributed by atoms with Crippen molar-refractivity contribution < 1.29 is 14.3 Å². The standard InChI is InChI=1S/C18H17Cl2NO3/c19-15-7-3-13(4-8-15)17(22)21-11-1-2-12-24-18(23)14-5-9-16(20)10-6-14/h3-10H,1-2,11-12H2,(H,21,22). The summed E-state index contributed by atoms with van der Waals surface area (Å²) < 4.78 is 5.16. The lowest BCUT2D eigenvalue weighted by molar-refractivity contribution is 0.0497. The molecule has 0 saturated carbocycles. The molecule has 0 bridgehead atoms. The molecule has 2 aromatic carbocycles. The van der Waals surface area contributed by atoms with Crippen LogP contribution in [0.25, 0.3) is 0 Å². The van der Waals surface area contributed by atoms with Gasteiger partial charge in [0.25, 0.3) is 5.91 Å². The number of carbonyl (C=O) groups excluding carboxylic acids is 2. The summed E-state index contributed by atoms with van der Waals surface area (Å²) in [5, 5.41) is 3.97. The summed E-state index contributed by atoms with van der Waals surface area (Å²) in [6.07, 6.45) is 1.38. The number of amides is 1. The molecule has 4 nitrogen and oxygen atoms in total.